The van der Waals surface area contributed by atoms with Crippen molar-refractivity contribution in [3.05, 3.63) is 0 Å². The van der Waals surface area contributed by atoms with Gasteiger partial charge in [-0.2, -0.15) is 0 Å². The molecule has 2 aliphatic rings. The molecule has 0 bridgehead atoms. The van der Waals surface area contributed by atoms with Gasteiger partial charge in [-0.3, -0.25) is 9.59 Å². The second kappa shape index (κ2) is 8.51. The highest BCUT2D eigenvalue weighted by molar-refractivity contribution is 5.87. The van der Waals surface area contributed by atoms with Crippen molar-refractivity contribution in [1.82, 2.24) is 10.6 Å². The van der Waals surface area contributed by atoms with E-state index in [1.165, 1.54) is 25.7 Å². The van der Waals surface area contributed by atoms with Crippen LogP contribution in [0.15, 0.2) is 0 Å². The number of rotatable bonds is 6. The summed E-state index contributed by atoms with van der Waals surface area (Å²) in [5.41, 5.74) is 0. The zero-order chi connectivity index (χ0) is 15.9. The van der Waals surface area contributed by atoms with Crippen molar-refractivity contribution in [2.24, 2.45) is 5.92 Å². The summed E-state index contributed by atoms with van der Waals surface area (Å²) in [6.07, 6.45) is 9.15. The van der Waals surface area contributed by atoms with Crippen LogP contribution in [0.1, 0.15) is 65.2 Å². The number of hydrogen-bond donors (Lipinski definition) is 2. The molecule has 2 saturated carbocycles. The maximum Gasteiger partial charge on any atom is 0.246 e. The molecule has 0 aromatic carbocycles. The third-order valence-electron chi connectivity index (χ3n) is 4.81. The van der Waals surface area contributed by atoms with Crippen LogP contribution in [0, 0.1) is 5.92 Å². The molecular formula is C17H30N2O3. The number of hydrogen-bond acceptors (Lipinski definition) is 3. The Morgan fingerprint density at radius 1 is 1.14 bits per heavy atom. The fourth-order valence-corrected chi connectivity index (χ4v) is 3.47. The number of amides is 2. The Kier molecular flexibility index (Phi) is 6.68. The summed E-state index contributed by atoms with van der Waals surface area (Å²) in [4.78, 5) is 23.9. The highest BCUT2D eigenvalue weighted by atomic mass is 16.5. The van der Waals surface area contributed by atoms with Crippen molar-refractivity contribution in [2.45, 2.75) is 83.4 Å². The van der Waals surface area contributed by atoms with Gasteiger partial charge >= 0.3 is 0 Å². The minimum absolute atomic E-state index is 0.0540. The quantitative estimate of drug-likeness (QED) is 0.790. The molecular weight excluding hydrogens is 280 g/mol. The summed E-state index contributed by atoms with van der Waals surface area (Å²) < 4.78 is 5.69. The maximum absolute atomic E-state index is 12.0. The van der Waals surface area contributed by atoms with Crippen molar-refractivity contribution in [2.75, 3.05) is 6.61 Å². The summed E-state index contributed by atoms with van der Waals surface area (Å²) in [5, 5.41) is 5.73. The normalized spacial score (nSPS) is 27.4. The van der Waals surface area contributed by atoms with E-state index in [9.17, 15) is 9.59 Å². The third kappa shape index (κ3) is 5.59. The Hall–Kier alpha value is -1.10. The molecule has 126 valence electrons. The highest BCUT2D eigenvalue weighted by Gasteiger charge is 2.23. The molecule has 0 radical (unpaired) electrons. The van der Waals surface area contributed by atoms with Gasteiger partial charge in [0.15, 0.2) is 0 Å². The van der Waals surface area contributed by atoms with E-state index in [-0.39, 0.29) is 30.6 Å². The van der Waals surface area contributed by atoms with Gasteiger partial charge in [-0.05, 0) is 38.5 Å². The lowest BCUT2D eigenvalue weighted by Gasteiger charge is -2.26. The smallest absolute Gasteiger partial charge is 0.246 e. The number of carbonyl (C=O) groups excluding carboxylic acids is 2. The summed E-state index contributed by atoms with van der Waals surface area (Å²) >= 11 is 0. The molecule has 0 heterocycles. The van der Waals surface area contributed by atoms with Gasteiger partial charge in [0.2, 0.25) is 11.8 Å². The van der Waals surface area contributed by atoms with Crippen molar-refractivity contribution < 1.29 is 14.3 Å². The van der Waals surface area contributed by atoms with E-state index in [2.05, 4.69) is 17.6 Å². The number of ether oxygens (including phenoxy) is 1. The largest absolute Gasteiger partial charge is 0.368 e. The van der Waals surface area contributed by atoms with Crippen LogP contribution in [-0.2, 0) is 14.3 Å². The van der Waals surface area contributed by atoms with Gasteiger partial charge in [-0.15, -0.1) is 0 Å². The summed E-state index contributed by atoms with van der Waals surface area (Å²) in [6.45, 7) is 4.01. The molecule has 0 aromatic rings. The monoisotopic (exact) mass is 310 g/mol. The first-order valence-electron chi connectivity index (χ1n) is 8.76. The van der Waals surface area contributed by atoms with E-state index >= 15 is 0 Å². The second-order valence-corrected chi connectivity index (χ2v) is 6.98. The van der Waals surface area contributed by atoms with Gasteiger partial charge in [-0.25, -0.2) is 0 Å². The SMILES string of the molecule is CC1CCCC(OCC(=O)NC(C)C(=O)NC2CCCC2)C1. The van der Waals surface area contributed by atoms with E-state index in [4.69, 9.17) is 4.74 Å². The molecule has 5 heteroatoms. The molecule has 2 fully saturated rings. The van der Waals surface area contributed by atoms with Crippen LogP contribution in [-0.4, -0.2) is 36.6 Å². The van der Waals surface area contributed by atoms with Crippen LogP contribution < -0.4 is 10.6 Å². The molecule has 0 spiro atoms. The van der Waals surface area contributed by atoms with Crippen LogP contribution >= 0.6 is 0 Å². The Labute approximate surface area is 133 Å². The van der Waals surface area contributed by atoms with E-state index in [0.717, 1.165) is 25.7 Å². The molecule has 2 N–H and O–H groups in total. The van der Waals surface area contributed by atoms with Gasteiger partial charge in [0.25, 0.3) is 0 Å². The lowest BCUT2D eigenvalue weighted by Crippen LogP contribution is -2.48. The third-order valence-corrected chi connectivity index (χ3v) is 4.81. The average Bonchev–Trinajstić information content (AvgIpc) is 2.98. The van der Waals surface area contributed by atoms with Crippen LogP contribution in [0.3, 0.4) is 0 Å². The molecule has 3 atom stereocenters. The topological polar surface area (TPSA) is 67.4 Å². The van der Waals surface area contributed by atoms with Crippen molar-refractivity contribution in [3.63, 3.8) is 0 Å². The average molecular weight is 310 g/mol. The number of nitrogens with one attached hydrogen (secondary N) is 2. The molecule has 3 unspecified atom stereocenters. The predicted molar refractivity (Wildman–Crippen MR) is 85.4 cm³/mol. The van der Waals surface area contributed by atoms with Gasteiger partial charge in [0, 0.05) is 6.04 Å². The minimum Gasteiger partial charge on any atom is -0.368 e. The highest BCUT2D eigenvalue weighted by Crippen LogP contribution is 2.25. The van der Waals surface area contributed by atoms with Gasteiger partial charge in [-0.1, -0.05) is 32.6 Å². The lowest BCUT2D eigenvalue weighted by atomic mass is 9.89. The van der Waals surface area contributed by atoms with E-state index in [1.807, 2.05) is 0 Å². The van der Waals surface area contributed by atoms with E-state index in [1.54, 1.807) is 6.92 Å². The second-order valence-electron chi connectivity index (χ2n) is 6.98. The number of carbonyl (C=O) groups is 2. The molecule has 0 saturated heterocycles. The first-order chi connectivity index (χ1) is 10.5. The summed E-state index contributed by atoms with van der Waals surface area (Å²) in [6, 6.07) is -0.214. The standard InChI is InChI=1S/C17H30N2O3/c1-12-6-5-9-15(10-12)22-11-16(20)18-13(2)17(21)19-14-7-3-4-8-14/h12-15H,3-11H2,1-2H3,(H,18,20)(H,19,21). The predicted octanol–water partition coefficient (Wildman–Crippen LogP) is 2.15. The Morgan fingerprint density at radius 3 is 2.55 bits per heavy atom. The molecule has 0 aromatic heterocycles. The Balaban J connectivity index is 1.63. The first kappa shape index (κ1) is 17.3. The van der Waals surface area contributed by atoms with Crippen molar-refractivity contribution in [3.8, 4) is 0 Å². The van der Waals surface area contributed by atoms with Gasteiger partial charge in [0.1, 0.15) is 12.6 Å². The summed E-state index contributed by atoms with van der Waals surface area (Å²) in [5.74, 6) is 0.386. The van der Waals surface area contributed by atoms with Crippen LogP contribution in [0.4, 0.5) is 0 Å². The summed E-state index contributed by atoms with van der Waals surface area (Å²) in [7, 11) is 0. The van der Waals surface area contributed by atoms with Crippen LogP contribution in [0.25, 0.3) is 0 Å². The van der Waals surface area contributed by atoms with Crippen molar-refractivity contribution in [1.29, 1.82) is 0 Å². The zero-order valence-corrected chi connectivity index (χ0v) is 13.9. The van der Waals surface area contributed by atoms with Crippen LogP contribution in [0.2, 0.25) is 0 Å². The molecule has 22 heavy (non-hydrogen) atoms. The lowest BCUT2D eigenvalue weighted by molar-refractivity contribution is -0.133. The van der Waals surface area contributed by atoms with Crippen LogP contribution in [0.5, 0.6) is 0 Å². The molecule has 2 amide bonds. The molecule has 5 nitrogen and oxygen atoms in total. The van der Waals surface area contributed by atoms with Gasteiger partial charge in [0.05, 0.1) is 6.10 Å². The fraction of sp³-hybridized carbons (Fsp3) is 0.882. The molecule has 0 aliphatic heterocycles. The molecule has 2 aliphatic carbocycles. The minimum atomic E-state index is -0.498. The molecule has 2 rings (SSSR count). The van der Waals surface area contributed by atoms with Gasteiger partial charge < -0.3 is 15.4 Å². The Morgan fingerprint density at radius 2 is 1.86 bits per heavy atom. The fourth-order valence-electron chi connectivity index (χ4n) is 3.47. The van der Waals surface area contributed by atoms with E-state index in [0.29, 0.717) is 5.92 Å². The van der Waals surface area contributed by atoms with E-state index < -0.39 is 6.04 Å². The van der Waals surface area contributed by atoms with Crippen molar-refractivity contribution >= 4 is 11.8 Å². The Bertz CT molecular complexity index is 380. The maximum atomic E-state index is 12.0. The first-order valence-corrected chi connectivity index (χ1v) is 8.76. The zero-order valence-electron chi connectivity index (χ0n) is 13.9.